The number of rotatable bonds is 14. The van der Waals surface area contributed by atoms with E-state index in [1.807, 2.05) is 0 Å². The Morgan fingerprint density at radius 1 is 0.776 bits per heavy atom. The first kappa shape index (κ1) is 58.8. The molecule has 7 rings (SSSR count). The van der Waals surface area contributed by atoms with Gasteiger partial charge in [-0.05, 0) is 54.8 Å². The molecule has 3 N–H and O–H groups in total. The Morgan fingerprint density at radius 3 is 1.84 bits per heavy atom. The second-order valence-corrected chi connectivity index (χ2v) is 24.7. The van der Waals surface area contributed by atoms with Crippen LogP contribution in [0.2, 0.25) is 0 Å². The lowest BCUT2D eigenvalue weighted by Crippen LogP contribution is -2.82. The van der Waals surface area contributed by atoms with Crippen molar-refractivity contribution in [3.8, 4) is 0 Å². The van der Waals surface area contributed by atoms with E-state index in [-0.39, 0.29) is 22.3 Å². The van der Waals surface area contributed by atoms with Crippen LogP contribution in [-0.2, 0) is 52.3 Å². The van der Waals surface area contributed by atoms with Gasteiger partial charge in [0.05, 0.1) is 42.1 Å². The van der Waals surface area contributed by atoms with Crippen molar-refractivity contribution < 1.29 is 81.7 Å². The third kappa shape index (κ3) is 12.2. The highest BCUT2D eigenvalue weighted by atomic mass is 35.6. The molecule has 2 saturated carbocycles. The van der Waals surface area contributed by atoms with Gasteiger partial charge in [-0.15, -0.1) is 0 Å². The maximum atomic E-state index is 16.3. The molecule has 1 saturated heterocycles. The van der Waals surface area contributed by atoms with Gasteiger partial charge in [-0.3, -0.25) is 19.2 Å². The molecule has 0 spiro atoms. The van der Waals surface area contributed by atoms with Gasteiger partial charge < -0.3 is 53.4 Å². The number of halogens is 6. The van der Waals surface area contributed by atoms with E-state index in [1.165, 1.54) is 39.8 Å². The van der Waals surface area contributed by atoms with Crippen molar-refractivity contribution in [3.05, 3.63) is 119 Å². The number of carbonyl (C=O) groups is 7. The topological polar surface area (TPSA) is 246 Å². The molecule has 410 valence electrons. The molecule has 18 nitrogen and oxygen atoms in total. The first-order valence-corrected chi connectivity index (χ1v) is 25.9. The van der Waals surface area contributed by atoms with Crippen LogP contribution in [0.5, 0.6) is 0 Å². The maximum Gasteiger partial charge on any atom is 0.509 e. The number of amides is 1. The molecule has 1 heterocycles. The molecule has 3 aromatic rings. The molecular weight excluding hydrogens is 1120 g/mol. The Bertz CT molecular complexity index is 2720. The van der Waals surface area contributed by atoms with E-state index in [0.29, 0.717) is 5.56 Å². The summed E-state index contributed by atoms with van der Waals surface area (Å²) in [5, 5.41) is 28.6. The Morgan fingerprint density at radius 2 is 1.32 bits per heavy atom. The summed E-state index contributed by atoms with van der Waals surface area (Å²) in [7, 11) is 0. The predicted molar refractivity (Wildman–Crippen MR) is 274 cm³/mol. The first-order chi connectivity index (χ1) is 35.5. The fraction of sp³-hybridized carbons (Fsp3) is 0.481. The predicted octanol–water partition coefficient (Wildman–Crippen LogP) is 8.62. The number of aliphatic hydroxyl groups is 2. The zero-order valence-corrected chi connectivity index (χ0v) is 45.8. The van der Waals surface area contributed by atoms with Crippen molar-refractivity contribution in [2.75, 3.05) is 19.8 Å². The van der Waals surface area contributed by atoms with Crippen molar-refractivity contribution in [1.29, 1.82) is 0 Å². The van der Waals surface area contributed by atoms with Crippen LogP contribution in [0.1, 0.15) is 86.2 Å². The number of benzene rings is 3. The summed E-state index contributed by atoms with van der Waals surface area (Å²) < 4.78 is 42.6. The second kappa shape index (κ2) is 22.8. The number of Topliss-reactive ketones (excluding diaryl/α,β-unsaturated/α-hetero) is 1. The minimum Gasteiger partial charge on any atom is -0.458 e. The van der Waals surface area contributed by atoms with Crippen LogP contribution in [0.15, 0.2) is 102 Å². The maximum absolute atomic E-state index is 16.3. The number of aliphatic hydroxyl groups excluding tert-OH is 1. The number of ketones is 1. The Balaban J connectivity index is 1.40. The van der Waals surface area contributed by atoms with E-state index < -0.39 is 159 Å². The lowest BCUT2D eigenvalue weighted by Gasteiger charge is -2.67. The van der Waals surface area contributed by atoms with Crippen molar-refractivity contribution >= 4 is 112 Å². The highest BCUT2D eigenvalue weighted by Crippen LogP contribution is 2.65. The van der Waals surface area contributed by atoms with Gasteiger partial charge in [0.1, 0.15) is 43.2 Å². The van der Waals surface area contributed by atoms with E-state index >= 15 is 4.79 Å². The molecular formula is C52H53Cl6NO17. The molecule has 24 heteroatoms. The van der Waals surface area contributed by atoms with Crippen LogP contribution >= 0.6 is 69.6 Å². The average Bonchev–Trinajstić information content (AvgIpc) is 3.35. The van der Waals surface area contributed by atoms with Gasteiger partial charge in [0.25, 0.3) is 5.91 Å². The van der Waals surface area contributed by atoms with Crippen LogP contribution in [-0.4, -0.2) is 127 Å². The third-order valence-corrected chi connectivity index (χ3v) is 15.2. The highest BCUT2D eigenvalue weighted by molar-refractivity contribution is 6.68. The van der Waals surface area contributed by atoms with Gasteiger partial charge in [-0.2, -0.15) is 0 Å². The molecule has 76 heavy (non-hydrogen) atoms. The number of fused-ring (bicyclic) bond motifs is 5. The van der Waals surface area contributed by atoms with Gasteiger partial charge in [-0.25, -0.2) is 14.4 Å². The van der Waals surface area contributed by atoms with Crippen molar-refractivity contribution in [2.24, 2.45) is 16.7 Å². The third-order valence-electron chi connectivity index (χ3n) is 14.5. The fourth-order valence-corrected chi connectivity index (χ4v) is 11.3. The molecule has 2 bridgehead atoms. The van der Waals surface area contributed by atoms with Crippen LogP contribution < -0.4 is 5.32 Å². The van der Waals surface area contributed by atoms with Crippen LogP contribution in [0.4, 0.5) is 9.59 Å². The molecule has 3 aliphatic carbocycles. The molecule has 11 atom stereocenters. The summed E-state index contributed by atoms with van der Waals surface area (Å²) in [5.41, 5.74) is -8.45. The van der Waals surface area contributed by atoms with Crippen molar-refractivity contribution in [2.45, 2.75) is 115 Å². The molecule has 0 unspecified atom stereocenters. The molecule has 0 aromatic heterocycles. The monoisotopic (exact) mass is 1170 g/mol. The number of carbonyl (C=O) groups excluding carboxylic acids is 7. The Hall–Kier alpha value is -4.89. The summed E-state index contributed by atoms with van der Waals surface area (Å²) in [4.78, 5) is 99.7. The number of hydrogen-bond acceptors (Lipinski definition) is 17. The second-order valence-electron chi connectivity index (χ2n) is 19.6. The Kier molecular flexibility index (Phi) is 17.7. The van der Waals surface area contributed by atoms with Gasteiger partial charge >= 0.3 is 30.2 Å². The summed E-state index contributed by atoms with van der Waals surface area (Å²) in [6.45, 7) is 4.46. The fourth-order valence-electron chi connectivity index (χ4n) is 10.9. The lowest BCUT2D eigenvalue weighted by atomic mass is 9.44. The number of nitrogens with one attached hydrogen (secondary N) is 1. The summed E-state index contributed by atoms with van der Waals surface area (Å²) in [5.74, 6) is -6.55. The van der Waals surface area contributed by atoms with Gasteiger partial charge in [0.15, 0.2) is 17.5 Å². The van der Waals surface area contributed by atoms with Crippen LogP contribution in [0.25, 0.3) is 0 Å². The summed E-state index contributed by atoms with van der Waals surface area (Å²) in [6, 6.07) is 22.9. The molecule has 4 aliphatic rings. The SMILES string of the molecule is CC(=O)O[C@@]12CO[C@@H]1C[C@H](OC(=O)OCC(Cl)(Cl)Cl)[C@@]1(C)C(=O)[C@H](OC(=O)OCC(Cl)(Cl)Cl)C3=C(C)[C@@H](OC(=O)C[C@H](O)[C@@H](NC(=O)c4ccccc4)c4ccccc4)C[C@@](O)([C@@H](OC(=O)c4ccccc4)[C@H]21)C3(C)C. The van der Waals surface area contributed by atoms with E-state index in [4.69, 9.17) is 108 Å². The summed E-state index contributed by atoms with van der Waals surface area (Å²) >= 11 is 35.4. The zero-order chi connectivity index (χ0) is 55.8. The molecule has 0 radical (unpaired) electrons. The largest absolute Gasteiger partial charge is 0.509 e. The molecule has 1 aliphatic heterocycles. The first-order valence-electron chi connectivity index (χ1n) is 23.7. The minimum atomic E-state index is -2.60. The zero-order valence-electron chi connectivity index (χ0n) is 41.3. The van der Waals surface area contributed by atoms with Crippen molar-refractivity contribution in [3.63, 3.8) is 0 Å². The lowest BCUT2D eigenvalue weighted by molar-refractivity contribution is -0.346. The van der Waals surface area contributed by atoms with E-state index in [0.717, 1.165) is 6.92 Å². The van der Waals surface area contributed by atoms with E-state index in [9.17, 15) is 39.0 Å². The van der Waals surface area contributed by atoms with Gasteiger partial charge in [0.2, 0.25) is 7.59 Å². The number of alkyl halides is 6. The van der Waals surface area contributed by atoms with Gasteiger partial charge in [0, 0.05) is 30.7 Å². The number of esters is 3. The van der Waals surface area contributed by atoms with Gasteiger partial charge in [-0.1, -0.05) is 150 Å². The quantitative estimate of drug-likeness (QED) is 0.0592. The molecule has 1 amide bonds. The van der Waals surface area contributed by atoms with E-state index in [1.54, 1.807) is 78.9 Å². The Labute approximate surface area is 466 Å². The minimum absolute atomic E-state index is 0.0205. The van der Waals surface area contributed by atoms with Crippen molar-refractivity contribution in [1.82, 2.24) is 5.32 Å². The molecule has 3 fully saturated rings. The highest BCUT2D eigenvalue weighted by Gasteiger charge is 2.79. The smallest absolute Gasteiger partial charge is 0.458 e. The number of hydrogen-bond donors (Lipinski definition) is 3. The van der Waals surface area contributed by atoms with Crippen LogP contribution in [0, 0.1) is 16.7 Å². The standard InChI is InChI=1S/C52H53Cl6NO17/c1-27-33(72-36(62)21-32(61)38(29-15-9-6-10-16-29)59-43(64)30-17-11-7-12-18-30)23-50(68)42(75-44(65)31-19-13-8-14-20-31)40-48(5,41(63)39(37(27)47(50,3)4)74-46(67)71-26-52(56,57)58)34(73-45(66)70-25-51(53,54)55)22-35-49(40,24-69-35)76-28(2)60/h6-20,32-35,38-40,42,61,68H,21-26H2,1-5H3,(H,59,64)/t32-,33-,34-,35+,38-,39+,40-,42-,48+,49-,50+/m0/s1. The van der Waals surface area contributed by atoms with E-state index in [2.05, 4.69) is 5.32 Å². The molecule has 3 aromatic carbocycles. The average molecular weight is 1180 g/mol. The van der Waals surface area contributed by atoms with Crippen LogP contribution in [0.3, 0.4) is 0 Å². The number of ether oxygens (including phenoxy) is 8. The normalized spacial score (nSPS) is 28.5. The summed E-state index contributed by atoms with van der Waals surface area (Å²) in [6.07, 6.45) is -15.4.